The third-order valence-corrected chi connectivity index (χ3v) is 8.98. The van der Waals surface area contributed by atoms with Crippen LogP contribution in [0.4, 0.5) is 11.4 Å². The first-order chi connectivity index (χ1) is 20.6. The lowest BCUT2D eigenvalue weighted by molar-refractivity contribution is 0.669. The van der Waals surface area contributed by atoms with Gasteiger partial charge in [0.05, 0.1) is 11.2 Å². The van der Waals surface area contributed by atoms with Gasteiger partial charge in [0.25, 0.3) is 0 Å². The number of hydrogen-bond donors (Lipinski definition) is 1. The fraction of sp³-hybridized carbons (Fsp3) is 0.0526. The van der Waals surface area contributed by atoms with Crippen LogP contribution in [0.15, 0.2) is 120 Å². The zero-order chi connectivity index (χ0) is 27.9. The number of benzene rings is 6. The third kappa shape index (κ3) is 3.29. The highest BCUT2D eigenvalue weighted by Crippen LogP contribution is 2.40. The van der Waals surface area contributed by atoms with Gasteiger partial charge in [0.1, 0.15) is 11.2 Å². The van der Waals surface area contributed by atoms with E-state index in [1.807, 2.05) is 6.07 Å². The number of furan rings is 1. The van der Waals surface area contributed by atoms with Crippen molar-refractivity contribution in [3.63, 3.8) is 0 Å². The maximum atomic E-state index is 6.37. The van der Waals surface area contributed by atoms with Gasteiger partial charge in [-0.3, -0.25) is 0 Å². The van der Waals surface area contributed by atoms with Crippen LogP contribution < -0.4 is 16.2 Å². The van der Waals surface area contributed by atoms with Crippen molar-refractivity contribution in [2.24, 2.45) is 0 Å². The SMILES string of the molecule is Cc1cc(-c2cc3c(cc2Nc2ccccc2C)oc2ccccc23)c2c(c1)-n1c3ccccc3c3cccc(c31)B2. The lowest BCUT2D eigenvalue weighted by Gasteiger charge is -2.25. The number of rotatable bonds is 3. The smallest absolute Gasteiger partial charge is 0.198 e. The molecule has 3 nitrogen and oxygen atoms in total. The number of nitrogens with one attached hydrogen (secondary N) is 1. The van der Waals surface area contributed by atoms with Crippen molar-refractivity contribution in [1.82, 2.24) is 4.57 Å². The summed E-state index contributed by atoms with van der Waals surface area (Å²) in [4.78, 5) is 0. The first-order valence-corrected chi connectivity index (χ1v) is 14.6. The number of fused-ring (bicyclic) bond motifs is 8. The van der Waals surface area contributed by atoms with E-state index in [-0.39, 0.29) is 0 Å². The summed E-state index contributed by atoms with van der Waals surface area (Å²) in [6.45, 7) is 4.36. The summed E-state index contributed by atoms with van der Waals surface area (Å²) in [5.74, 6) is 0. The maximum Gasteiger partial charge on any atom is 0.198 e. The van der Waals surface area contributed by atoms with Crippen molar-refractivity contribution in [2.45, 2.75) is 13.8 Å². The topological polar surface area (TPSA) is 30.1 Å². The Morgan fingerprint density at radius 1 is 0.619 bits per heavy atom. The first kappa shape index (κ1) is 23.5. The van der Waals surface area contributed by atoms with Crippen LogP contribution in [0.25, 0.3) is 60.6 Å². The minimum absolute atomic E-state index is 0.882. The van der Waals surface area contributed by atoms with Gasteiger partial charge in [-0.1, -0.05) is 84.3 Å². The summed E-state index contributed by atoms with van der Waals surface area (Å²) in [5, 5.41) is 8.70. The van der Waals surface area contributed by atoms with Crippen LogP contribution in [0.2, 0.25) is 0 Å². The molecule has 0 unspecified atom stereocenters. The van der Waals surface area contributed by atoms with Gasteiger partial charge in [0.2, 0.25) is 0 Å². The van der Waals surface area contributed by atoms with Crippen LogP contribution >= 0.6 is 0 Å². The van der Waals surface area contributed by atoms with E-state index >= 15 is 0 Å². The fourth-order valence-corrected chi connectivity index (χ4v) is 7.05. The summed E-state index contributed by atoms with van der Waals surface area (Å²) in [5.41, 5.74) is 15.4. The Labute approximate surface area is 244 Å². The molecule has 0 aliphatic carbocycles. The molecule has 9 rings (SSSR count). The highest BCUT2D eigenvalue weighted by molar-refractivity contribution is 6.73. The summed E-state index contributed by atoms with van der Waals surface area (Å²) in [7, 11) is 0.882. The van der Waals surface area contributed by atoms with Gasteiger partial charge in [-0.2, -0.15) is 0 Å². The second kappa shape index (κ2) is 8.64. The third-order valence-electron chi connectivity index (χ3n) is 8.98. The Morgan fingerprint density at radius 2 is 1.40 bits per heavy atom. The minimum atomic E-state index is 0.882. The molecule has 0 spiro atoms. The van der Waals surface area contributed by atoms with Crippen molar-refractivity contribution < 1.29 is 4.42 Å². The monoisotopic (exact) mass is 538 g/mol. The highest BCUT2D eigenvalue weighted by atomic mass is 16.3. The fourth-order valence-electron chi connectivity index (χ4n) is 7.05. The summed E-state index contributed by atoms with van der Waals surface area (Å²) in [6, 6.07) is 41.6. The van der Waals surface area contributed by atoms with E-state index in [1.54, 1.807) is 0 Å². The Balaban J connectivity index is 1.37. The Kier molecular flexibility index (Phi) is 4.83. The normalized spacial score (nSPS) is 12.2. The predicted octanol–water partition coefficient (Wildman–Crippen LogP) is 8.41. The van der Waals surface area contributed by atoms with Gasteiger partial charge >= 0.3 is 0 Å². The Bertz CT molecular complexity index is 2390. The van der Waals surface area contributed by atoms with Gasteiger partial charge in [-0.25, -0.2) is 0 Å². The van der Waals surface area contributed by atoms with Gasteiger partial charge in [0.15, 0.2) is 7.28 Å². The van der Waals surface area contributed by atoms with Crippen LogP contribution in [-0.2, 0) is 0 Å². The lowest BCUT2D eigenvalue weighted by atomic mass is 9.59. The maximum absolute atomic E-state index is 6.37. The molecular formula is C38H27BN2O. The number of para-hydroxylation sites is 4. The molecule has 0 saturated carbocycles. The Morgan fingerprint density at radius 3 is 2.31 bits per heavy atom. The number of anilines is 2. The number of aromatic nitrogens is 1. The van der Waals surface area contributed by atoms with Gasteiger partial charge < -0.3 is 14.3 Å². The van der Waals surface area contributed by atoms with Crippen molar-refractivity contribution >= 4 is 73.3 Å². The average molecular weight is 538 g/mol. The van der Waals surface area contributed by atoms with Gasteiger partial charge in [0, 0.05) is 50.1 Å². The van der Waals surface area contributed by atoms with E-state index in [0.29, 0.717) is 0 Å². The van der Waals surface area contributed by atoms with E-state index in [4.69, 9.17) is 4.42 Å². The van der Waals surface area contributed by atoms with Crippen LogP contribution in [0.5, 0.6) is 0 Å². The standard InChI is InChI=1S/C38H27BN2O/c1-22-18-29(37-34(19-22)41-33-16-7-4-11-24(33)26-13-9-14-30(39-37)38(26)41)27-20-28-25-12-5-8-17-35(25)42-36(28)21-32(27)40-31-15-6-3-10-23(31)2/h3-21,39-40H,1-2H3. The van der Waals surface area contributed by atoms with Crippen molar-refractivity contribution in [1.29, 1.82) is 0 Å². The number of aryl methyl sites for hydroxylation is 2. The zero-order valence-corrected chi connectivity index (χ0v) is 23.5. The van der Waals surface area contributed by atoms with Crippen LogP contribution in [0.1, 0.15) is 11.1 Å². The molecule has 0 saturated heterocycles. The van der Waals surface area contributed by atoms with E-state index in [1.165, 1.54) is 60.7 Å². The van der Waals surface area contributed by atoms with Gasteiger partial charge in [-0.15, -0.1) is 0 Å². The molecule has 0 bridgehead atoms. The average Bonchev–Trinajstić information content (AvgIpc) is 3.55. The molecule has 0 atom stereocenters. The molecule has 8 aromatic rings. The first-order valence-electron chi connectivity index (χ1n) is 14.6. The summed E-state index contributed by atoms with van der Waals surface area (Å²) in [6.07, 6.45) is 0. The highest BCUT2D eigenvalue weighted by Gasteiger charge is 2.26. The van der Waals surface area contributed by atoms with Crippen LogP contribution in [-0.4, -0.2) is 11.8 Å². The van der Waals surface area contributed by atoms with E-state index < -0.39 is 0 Å². The molecule has 4 heteroatoms. The van der Waals surface area contributed by atoms with Crippen molar-refractivity contribution in [3.05, 3.63) is 126 Å². The van der Waals surface area contributed by atoms with Crippen molar-refractivity contribution in [3.8, 4) is 16.8 Å². The molecule has 1 N–H and O–H groups in total. The number of nitrogens with zero attached hydrogens (tertiary/aromatic N) is 1. The number of hydrogen-bond acceptors (Lipinski definition) is 2. The van der Waals surface area contributed by atoms with E-state index in [0.717, 1.165) is 40.6 Å². The molecule has 0 amide bonds. The molecule has 0 radical (unpaired) electrons. The Hall–Kier alpha value is -5.22. The lowest BCUT2D eigenvalue weighted by Crippen LogP contribution is -2.37. The van der Waals surface area contributed by atoms with Crippen molar-refractivity contribution in [2.75, 3.05) is 5.32 Å². The second-order valence-electron chi connectivity index (χ2n) is 11.6. The minimum Gasteiger partial charge on any atom is -0.456 e. The molecule has 2 aromatic heterocycles. The summed E-state index contributed by atoms with van der Waals surface area (Å²) < 4.78 is 8.86. The molecule has 198 valence electrons. The summed E-state index contributed by atoms with van der Waals surface area (Å²) >= 11 is 0. The van der Waals surface area contributed by atoms with E-state index in [2.05, 4.69) is 133 Å². The molecular weight excluding hydrogens is 511 g/mol. The molecule has 1 aliphatic heterocycles. The van der Waals surface area contributed by atoms with Crippen LogP contribution in [0.3, 0.4) is 0 Å². The predicted molar refractivity (Wildman–Crippen MR) is 179 cm³/mol. The molecule has 6 aromatic carbocycles. The zero-order valence-electron chi connectivity index (χ0n) is 23.5. The second-order valence-corrected chi connectivity index (χ2v) is 11.6. The quantitative estimate of drug-likeness (QED) is 0.229. The largest absolute Gasteiger partial charge is 0.456 e. The van der Waals surface area contributed by atoms with Crippen LogP contribution in [0, 0.1) is 13.8 Å². The molecule has 3 heterocycles. The molecule has 42 heavy (non-hydrogen) atoms. The van der Waals surface area contributed by atoms with Gasteiger partial charge in [-0.05, 0) is 66.3 Å². The molecule has 0 fully saturated rings. The van der Waals surface area contributed by atoms with E-state index in [9.17, 15) is 0 Å². The molecule has 1 aliphatic rings.